The van der Waals surface area contributed by atoms with Gasteiger partial charge in [0.2, 0.25) is 0 Å². The molecule has 6 heteroatoms. The van der Waals surface area contributed by atoms with E-state index in [0.717, 1.165) is 26.9 Å². The van der Waals surface area contributed by atoms with Crippen molar-refractivity contribution in [3.8, 4) is 17.1 Å². The Labute approximate surface area is 164 Å². The molecule has 0 radical (unpaired) electrons. The number of benzene rings is 3. The highest BCUT2D eigenvalue weighted by Crippen LogP contribution is 2.27. The van der Waals surface area contributed by atoms with E-state index in [0.29, 0.717) is 17.0 Å². The molecule has 0 saturated heterocycles. The molecule has 1 aromatic heterocycles. The van der Waals surface area contributed by atoms with Gasteiger partial charge in [0, 0.05) is 16.8 Å². The highest BCUT2D eigenvalue weighted by Gasteiger charge is 2.11. The van der Waals surface area contributed by atoms with Gasteiger partial charge in [0.15, 0.2) is 0 Å². The fraction of sp³-hybridized carbons (Fsp3) is 0.0476. The fourth-order valence-electron chi connectivity index (χ4n) is 2.83. The van der Waals surface area contributed by atoms with E-state index in [-0.39, 0.29) is 5.91 Å². The van der Waals surface area contributed by atoms with Gasteiger partial charge in [0.1, 0.15) is 11.6 Å². The molecule has 0 aliphatic carbocycles. The Kier molecular flexibility index (Phi) is 4.64. The van der Waals surface area contributed by atoms with Crippen LogP contribution in [0.1, 0.15) is 10.4 Å². The minimum absolute atomic E-state index is 0.198. The van der Waals surface area contributed by atoms with E-state index in [1.165, 1.54) is 0 Å². The summed E-state index contributed by atoms with van der Waals surface area (Å²) in [4.78, 5) is 20.5. The number of fused-ring (bicyclic) bond motifs is 1. The van der Waals surface area contributed by atoms with Gasteiger partial charge in [0.05, 0.1) is 22.6 Å². The van der Waals surface area contributed by atoms with Gasteiger partial charge in [0.25, 0.3) is 5.91 Å². The largest absolute Gasteiger partial charge is 0.496 e. The molecule has 5 nitrogen and oxygen atoms in total. The van der Waals surface area contributed by atoms with Gasteiger partial charge < -0.3 is 15.0 Å². The summed E-state index contributed by atoms with van der Waals surface area (Å²) in [7, 11) is 1.59. The van der Waals surface area contributed by atoms with Crippen molar-refractivity contribution in [2.75, 3.05) is 12.4 Å². The zero-order valence-corrected chi connectivity index (χ0v) is 16.1. The van der Waals surface area contributed by atoms with E-state index in [1.807, 2.05) is 48.5 Å². The van der Waals surface area contributed by atoms with Crippen LogP contribution in [0.4, 0.5) is 5.69 Å². The Morgan fingerprint density at radius 2 is 1.89 bits per heavy atom. The summed E-state index contributed by atoms with van der Waals surface area (Å²) in [5.41, 5.74) is 3.95. The van der Waals surface area contributed by atoms with Crippen molar-refractivity contribution >= 4 is 38.6 Å². The van der Waals surface area contributed by atoms with Crippen LogP contribution in [0, 0.1) is 0 Å². The summed E-state index contributed by atoms with van der Waals surface area (Å²) in [5.74, 6) is 1.28. The highest BCUT2D eigenvalue weighted by molar-refractivity contribution is 9.10. The van der Waals surface area contributed by atoms with Crippen LogP contribution < -0.4 is 10.1 Å². The van der Waals surface area contributed by atoms with Crippen molar-refractivity contribution in [3.05, 3.63) is 76.8 Å². The molecule has 0 bridgehead atoms. The van der Waals surface area contributed by atoms with Crippen molar-refractivity contribution in [3.63, 3.8) is 0 Å². The SMILES string of the molecule is COc1ccc(C(=O)Nc2ccc3[nH]c(-c4ccccc4)nc3c2)cc1Br. The van der Waals surface area contributed by atoms with E-state index in [1.54, 1.807) is 25.3 Å². The van der Waals surface area contributed by atoms with Crippen LogP contribution >= 0.6 is 15.9 Å². The number of ether oxygens (including phenoxy) is 1. The molecule has 0 atom stereocenters. The molecule has 3 aromatic carbocycles. The molecule has 0 aliphatic heterocycles. The second-order valence-electron chi connectivity index (χ2n) is 5.99. The zero-order chi connectivity index (χ0) is 18.8. The van der Waals surface area contributed by atoms with E-state index in [9.17, 15) is 4.79 Å². The van der Waals surface area contributed by atoms with Crippen molar-refractivity contribution in [2.24, 2.45) is 0 Å². The van der Waals surface area contributed by atoms with Crippen molar-refractivity contribution in [2.45, 2.75) is 0 Å². The van der Waals surface area contributed by atoms with Crippen LogP contribution in [0.5, 0.6) is 5.75 Å². The number of halogens is 1. The monoisotopic (exact) mass is 421 g/mol. The van der Waals surface area contributed by atoms with Gasteiger partial charge in [-0.05, 0) is 52.3 Å². The summed E-state index contributed by atoms with van der Waals surface area (Å²) >= 11 is 3.40. The van der Waals surface area contributed by atoms with Crippen LogP contribution in [0.2, 0.25) is 0 Å². The third-order valence-electron chi connectivity index (χ3n) is 4.20. The molecule has 0 spiro atoms. The summed E-state index contributed by atoms with van der Waals surface area (Å²) in [6, 6.07) is 20.7. The van der Waals surface area contributed by atoms with Gasteiger partial charge in [-0.25, -0.2) is 4.98 Å². The number of carbonyl (C=O) groups excluding carboxylic acids is 1. The number of H-pyrrole nitrogens is 1. The maximum atomic E-state index is 12.5. The number of nitrogens with zero attached hydrogens (tertiary/aromatic N) is 1. The number of aromatic amines is 1. The Morgan fingerprint density at radius 3 is 2.63 bits per heavy atom. The van der Waals surface area contributed by atoms with Crippen LogP contribution in [0.3, 0.4) is 0 Å². The molecule has 4 rings (SSSR count). The average Bonchev–Trinajstić information content (AvgIpc) is 3.12. The first-order chi connectivity index (χ1) is 13.1. The summed E-state index contributed by atoms with van der Waals surface area (Å²) in [6.45, 7) is 0. The maximum Gasteiger partial charge on any atom is 0.255 e. The van der Waals surface area contributed by atoms with Crippen molar-refractivity contribution in [1.82, 2.24) is 9.97 Å². The molecule has 1 amide bonds. The van der Waals surface area contributed by atoms with Gasteiger partial charge in [-0.15, -0.1) is 0 Å². The smallest absolute Gasteiger partial charge is 0.255 e. The van der Waals surface area contributed by atoms with Crippen LogP contribution in [-0.4, -0.2) is 23.0 Å². The predicted octanol–water partition coefficient (Wildman–Crippen LogP) is 5.25. The van der Waals surface area contributed by atoms with E-state index in [4.69, 9.17) is 4.74 Å². The number of carbonyl (C=O) groups is 1. The number of imidazole rings is 1. The average molecular weight is 422 g/mol. The molecule has 0 fully saturated rings. The molecule has 4 aromatic rings. The maximum absolute atomic E-state index is 12.5. The van der Waals surface area contributed by atoms with Gasteiger partial charge in [-0.1, -0.05) is 30.3 Å². The molecular weight excluding hydrogens is 406 g/mol. The lowest BCUT2D eigenvalue weighted by atomic mass is 10.2. The lowest BCUT2D eigenvalue weighted by molar-refractivity contribution is 0.102. The Hall–Kier alpha value is -3.12. The number of anilines is 1. The molecule has 0 unspecified atom stereocenters. The Balaban J connectivity index is 1.59. The summed E-state index contributed by atoms with van der Waals surface area (Å²) < 4.78 is 5.92. The first-order valence-electron chi connectivity index (χ1n) is 8.34. The summed E-state index contributed by atoms with van der Waals surface area (Å²) in [5, 5.41) is 2.91. The number of hydrogen-bond donors (Lipinski definition) is 2. The topological polar surface area (TPSA) is 67.0 Å². The third-order valence-corrected chi connectivity index (χ3v) is 4.82. The lowest BCUT2D eigenvalue weighted by Crippen LogP contribution is -2.11. The van der Waals surface area contributed by atoms with Crippen LogP contribution in [0.15, 0.2) is 71.2 Å². The molecular formula is C21H16BrN3O2. The van der Waals surface area contributed by atoms with E-state index in [2.05, 4.69) is 31.2 Å². The second kappa shape index (κ2) is 7.25. The van der Waals surface area contributed by atoms with E-state index >= 15 is 0 Å². The molecule has 27 heavy (non-hydrogen) atoms. The second-order valence-corrected chi connectivity index (χ2v) is 6.84. The lowest BCUT2D eigenvalue weighted by Gasteiger charge is -2.07. The number of aromatic nitrogens is 2. The molecule has 0 aliphatic rings. The third kappa shape index (κ3) is 3.57. The number of rotatable bonds is 4. The van der Waals surface area contributed by atoms with Crippen molar-refractivity contribution in [1.29, 1.82) is 0 Å². The van der Waals surface area contributed by atoms with Gasteiger partial charge >= 0.3 is 0 Å². The van der Waals surface area contributed by atoms with Gasteiger partial charge in [-0.2, -0.15) is 0 Å². The first kappa shape index (κ1) is 17.3. The number of methoxy groups -OCH3 is 1. The number of nitrogens with one attached hydrogen (secondary N) is 2. The standard InChI is InChI=1S/C21H16BrN3O2/c1-27-19-10-7-14(11-16(19)22)21(26)23-15-8-9-17-18(12-15)25-20(24-17)13-5-3-2-4-6-13/h2-12H,1H3,(H,23,26)(H,24,25). The Morgan fingerprint density at radius 1 is 1.07 bits per heavy atom. The number of hydrogen-bond acceptors (Lipinski definition) is 3. The first-order valence-corrected chi connectivity index (χ1v) is 9.13. The zero-order valence-electron chi connectivity index (χ0n) is 14.5. The fourth-order valence-corrected chi connectivity index (χ4v) is 3.37. The highest BCUT2D eigenvalue weighted by atomic mass is 79.9. The molecule has 134 valence electrons. The normalized spacial score (nSPS) is 10.7. The minimum atomic E-state index is -0.198. The molecule has 2 N–H and O–H groups in total. The van der Waals surface area contributed by atoms with Gasteiger partial charge in [-0.3, -0.25) is 4.79 Å². The predicted molar refractivity (Wildman–Crippen MR) is 110 cm³/mol. The number of amides is 1. The van der Waals surface area contributed by atoms with E-state index < -0.39 is 0 Å². The van der Waals surface area contributed by atoms with Crippen LogP contribution in [-0.2, 0) is 0 Å². The van der Waals surface area contributed by atoms with Crippen molar-refractivity contribution < 1.29 is 9.53 Å². The Bertz CT molecular complexity index is 1120. The minimum Gasteiger partial charge on any atom is -0.496 e. The molecule has 0 saturated carbocycles. The van der Waals surface area contributed by atoms with Crippen LogP contribution in [0.25, 0.3) is 22.4 Å². The summed E-state index contributed by atoms with van der Waals surface area (Å²) in [6.07, 6.45) is 0. The molecule has 1 heterocycles. The quantitative estimate of drug-likeness (QED) is 0.472.